The number of nitrogens with two attached hydrogens (primary N) is 1. The van der Waals surface area contributed by atoms with E-state index in [0.29, 0.717) is 18.7 Å². The molecule has 1 aromatic carbocycles. The summed E-state index contributed by atoms with van der Waals surface area (Å²) < 4.78 is 13.0. The number of rotatable bonds is 1. The summed E-state index contributed by atoms with van der Waals surface area (Å²) in [6, 6.07) is 4.22. The highest BCUT2D eigenvalue weighted by Crippen LogP contribution is 2.18. The van der Waals surface area contributed by atoms with E-state index in [1.54, 1.807) is 4.90 Å². The van der Waals surface area contributed by atoms with Gasteiger partial charge in [0.15, 0.2) is 0 Å². The third-order valence-corrected chi connectivity index (χ3v) is 3.28. The lowest BCUT2D eigenvalue weighted by Gasteiger charge is -2.30. The van der Waals surface area contributed by atoms with Crippen molar-refractivity contribution in [2.75, 3.05) is 13.1 Å². The molecule has 0 bridgehead atoms. The van der Waals surface area contributed by atoms with E-state index in [4.69, 9.17) is 17.3 Å². The minimum atomic E-state index is -0.510. The Morgan fingerprint density at radius 1 is 1.41 bits per heavy atom. The van der Waals surface area contributed by atoms with E-state index in [0.717, 1.165) is 12.8 Å². The molecule has 0 radical (unpaired) electrons. The Labute approximate surface area is 104 Å². The van der Waals surface area contributed by atoms with E-state index in [-0.39, 0.29) is 17.0 Å². The highest BCUT2D eigenvalue weighted by molar-refractivity contribution is 6.31. The summed E-state index contributed by atoms with van der Waals surface area (Å²) in [5, 5.41) is -0.0236. The van der Waals surface area contributed by atoms with E-state index < -0.39 is 5.82 Å². The minimum absolute atomic E-state index is 0.0236. The third kappa shape index (κ3) is 2.76. The zero-order chi connectivity index (χ0) is 12.4. The van der Waals surface area contributed by atoms with Crippen LogP contribution in [-0.4, -0.2) is 29.9 Å². The average molecular weight is 257 g/mol. The van der Waals surface area contributed by atoms with Gasteiger partial charge in [0, 0.05) is 24.7 Å². The minimum Gasteiger partial charge on any atom is -0.339 e. The molecule has 1 aliphatic heterocycles. The second kappa shape index (κ2) is 5.02. The van der Waals surface area contributed by atoms with Gasteiger partial charge in [-0.25, -0.2) is 4.39 Å². The summed E-state index contributed by atoms with van der Waals surface area (Å²) in [6.45, 7) is 1.30. The van der Waals surface area contributed by atoms with Crippen LogP contribution in [0.4, 0.5) is 4.39 Å². The molecule has 5 heteroatoms. The molecule has 0 atom stereocenters. The summed E-state index contributed by atoms with van der Waals surface area (Å²) in [5.74, 6) is -0.623. The lowest BCUT2D eigenvalue weighted by Crippen LogP contribution is -2.42. The number of benzene rings is 1. The number of halogens is 2. The van der Waals surface area contributed by atoms with Gasteiger partial charge in [0.2, 0.25) is 0 Å². The van der Waals surface area contributed by atoms with E-state index in [1.807, 2.05) is 0 Å². The number of amides is 1. The maximum Gasteiger partial charge on any atom is 0.253 e. The van der Waals surface area contributed by atoms with Crippen molar-refractivity contribution in [3.05, 3.63) is 34.6 Å². The lowest BCUT2D eigenvalue weighted by molar-refractivity contribution is 0.0714. The fraction of sp³-hybridized carbons (Fsp3) is 0.417. The number of carbonyl (C=O) groups excluding carboxylic acids is 1. The highest BCUT2D eigenvalue weighted by Gasteiger charge is 2.22. The first kappa shape index (κ1) is 12.3. The molecule has 1 aromatic rings. The summed E-state index contributed by atoms with van der Waals surface area (Å²) >= 11 is 5.65. The zero-order valence-corrected chi connectivity index (χ0v) is 10.1. The van der Waals surface area contributed by atoms with Crippen LogP contribution in [0.2, 0.25) is 5.02 Å². The molecule has 2 rings (SSSR count). The number of hydrogen-bond donors (Lipinski definition) is 1. The predicted molar refractivity (Wildman–Crippen MR) is 64.5 cm³/mol. The molecule has 17 heavy (non-hydrogen) atoms. The van der Waals surface area contributed by atoms with Crippen LogP contribution < -0.4 is 5.73 Å². The van der Waals surface area contributed by atoms with E-state index in [2.05, 4.69) is 0 Å². The maximum atomic E-state index is 13.0. The molecule has 1 saturated heterocycles. The first-order valence-electron chi connectivity index (χ1n) is 5.58. The fourth-order valence-electron chi connectivity index (χ4n) is 1.91. The standard InChI is InChI=1S/C12H14ClFN2O/c13-10-7-8(1-2-11(10)14)12(17)16-5-3-9(15)4-6-16/h1-2,7,9H,3-6,15H2. The quantitative estimate of drug-likeness (QED) is 0.836. The Bertz CT molecular complexity index is 431. The first-order valence-corrected chi connectivity index (χ1v) is 5.95. The summed E-state index contributed by atoms with van der Waals surface area (Å²) in [4.78, 5) is 13.8. The molecular weight excluding hydrogens is 243 g/mol. The lowest BCUT2D eigenvalue weighted by atomic mass is 10.0. The van der Waals surface area contributed by atoms with Crippen LogP contribution in [0.25, 0.3) is 0 Å². The van der Waals surface area contributed by atoms with Gasteiger partial charge in [-0.1, -0.05) is 11.6 Å². The summed E-state index contributed by atoms with van der Waals surface area (Å²) in [7, 11) is 0. The molecule has 3 nitrogen and oxygen atoms in total. The molecule has 0 aliphatic carbocycles. The van der Waals surface area contributed by atoms with Gasteiger partial charge in [0.05, 0.1) is 5.02 Å². The zero-order valence-electron chi connectivity index (χ0n) is 9.33. The van der Waals surface area contributed by atoms with Crippen LogP contribution >= 0.6 is 11.6 Å². The maximum absolute atomic E-state index is 13.0. The average Bonchev–Trinajstić information content (AvgIpc) is 2.33. The number of hydrogen-bond acceptors (Lipinski definition) is 2. The van der Waals surface area contributed by atoms with Gasteiger partial charge in [-0.05, 0) is 31.0 Å². The Morgan fingerprint density at radius 3 is 2.65 bits per heavy atom. The molecule has 0 unspecified atom stereocenters. The van der Waals surface area contributed by atoms with Crippen molar-refractivity contribution in [2.24, 2.45) is 5.73 Å². The molecule has 1 fully saturated rings. The van der Waals surface area contributed by atoms with Gasteiger partial charge in [-0.2, -0.15) is 0 Å². The van der Waals surface area contributed by atoms with Gasteiger partial charge >= 0.3 is 0 Å². The molecule has 0 saturated carbocycles. The van der Waals surface area contributed by atoms with Crippen molar-refractivity contribution in [3.63, 3.8) is 0 Å². The van der Waals surface area contributed by atoms with Gasteiger partial charge in [0.1, 0.15) is 5.82 Å². The van der Waals surface area contributed by atoms with Crippen molar-refractivity contribution >= 4 is 17.5 Å². The molecule has 0 spiro atoms. The molecule has 1 aliphatic rings. The van der Waals surface area contributed by atoms with Crippen LogP contribution in [0.3, 0.4) is 0 Å². The highest BCUT2D eigenvalue weighted by atomic mass is 35.5. The largest absolute Gasteiger partial charge is 0.339 e. The monoisotopic (exact) mass is 256 g/mol. The molecule has 1 amide bonds. The van der Waals surface area contributed by atoms with Crippen LogP contribution in [0.15, 0.2) is 18.2 Å². The van der Waals surface area contributed by atoms with Crippen LogP contribution in [-0.2, 0) is 0 Å². The topological polar surface area (TPSA) is 46.3 Å². The smallest absolute Gasteiger partial charge is 0.253 e. The predicted octanol–water partition coefficient (Wildman–Crippen LogP) is 2.04. The van der Waals surface area contributed by atoms with Crippen LogP contribution in [0.5, 0.6) is 0 Å². The van der Waals surface area contributed by atoms with Gasteiger partial charge in [0.25, 0.3) is 5.91 Å². The van der Waals surface area contributed by atoms with Crippen molar-refractivity contribution in [3.8, 4) is 0 Å². The van der Waals surface area contributed by atoms with E-state index in [9.17, 15) is 9.18 Å². The molecular formula is C12H14ClFN2O. The van der Waals surface area contributed by atoms with Crippen molar-refractivity contribution in [1.82, 2.24) is 4.90 Å². The molecule has 92 valence electrons. The van der Waals surface area contributed by atoms with E-state index in [1.165, 1.54) is 18.2 Å². The number of carbonyl (C=O) groups is 1. The second-order valence-electron chi connectivity index (χ2n) is 4.26. The van der Waals surface area contributed by atoms with Gasteiger partial charge < -0.3 is 10.6 Å². The van der Waals surface area contributed by atoms with Crippen LogP contribution in [0, 0.1) is 5.82 Å². The Kier molecular flexibility index (Phi) is 3.64. The number of nitrogens with zero attached hydrogens (tertiary/aromatic N) is 1. The SMILES string of the molecule is NC1CCN(C(=O)c2ccc(F)c(Cl)c2)CC1. The van der Waals surface area contributed by atoms with Gasteiger partial charge in [-0.3, -0.25) is 4.79 Å². The van der Waals surface area contributed by atoms with Crippen molar-refractivity contribution in [2.45, 2.75) is 18.9 Å². The summed E-state index contributed by atoms with van der Waals surface area (Å²) in [6.07, 6.45) is 1.61. The Hall–Kier alpha value is -1.13. The first-order chi connectivity index (χ1) is 8.08. The Balaban J connectivity index is 2.11. The van der Waals surface area contributed by atoms with Crippen molar-refractivity contribution < 1.29 is 9.18 Å². The fourth-order valence-corrected chi connectivity index (χ4v) is 2.09. The molecule has 0 aromatic heterocycles. The second-order valence-corrected chi connectivity index (χ2v) is 4.67. The van der Waals surface area contributed by atoms with E-state index >= 15 is 0 Å². The van der Waals surface area contributed by atoms with Crippen LogP contribution in [0.1, 0.15) is 23.2 Å². The number of likely N-dealkylation sites (tertiary alicyclic amines) is 1. The molecule has 1 heterocycles. The third-order valence-electron chi connectivity index (χ3n) is 2.99. The Morgan fingerprint density at radius 2 is 2.06 bits per heavy atom. The summed E-state index contributed by atoms with van der Waals surface area (Å²) in [5.41, 5.74) is 6.19. The molecule has 2 N–H and O–H groups in total. The normalized spacial score (nSPS) is 17.2. The van der Waals surface area contributed by atoms with Gasteiger partial charge in [-0.15, -0.1) is 0 Å². The number of piperidine rings is 1. The van der Waals surface area contributed by atoms with Crippen molar-refractivity contribution in [1.29, 1.82) is 0 Å².